The predicted molar refractivity (Wildman–Crippen MR) is 37.1 cm³/mol. The maximum Gasteiger partial charge on any atom is 0.0315 e. The van der Waals surface area contributed by atoms with Gasteiger partial charge in [0.1, 0.15) is 0 Å². The molecule has 2 aliphatic rings. The van der Waals surface area contributed by atoms with Crippen LogP contribution in [0.2, 0.25) is 0 Å². The van der Waals surface area contributed by atoms with E-state index >= 15 is 0 Å². The van der Waals surface area contributed by atoms with E-state index in [1.165, 1.54) is 0 Å². The third-order valence-corrected chi connectivity index (χ3v) is 0.789. The molecule has 0 aromatic rings. The van der Waals surface area contributed by atoms with Crippen LogP contribution in [0.3, 0.4) is 0 Å². The molecule has 2 rings (SSSR count). The molecule has 0 atom stereocenters. The van der Waals surface area contributed by atoms with Crippen molar-refractivity contribution in [3.63, 3.8) is 0 Å². The van der Waals surface area contributed by atoms with Crippen molar-refractivity contribution in [2.45, 2.75) is 0 Å². The van der Waals surface area contributed by atoms with Crippen molar-refractivity contribution >= 4 is 0 Å². The molecule has 0 unspecified atom stereocenters. The first-order chi connectivity index (χ1) is 5.00. The fourth-order valence-corrected chi connectivity index (χ4v) is 0.417. The summed E-state index contributed by atoms with van der Waals surface area (Å²) >= 11 is 0. The first-order valence-corrected chi connectivity index (χ1v) is 2.82. The zero-order valence-electron chi connectivity index (χ0n) is 5.31. The molecule has 56 valence electrons. The van der Waals surface area contributed by atoms with Crippen LogP contribution in [0.1, 0.15) is 0 Å². The first-order valence-electron chi connectivity index (χ1n) is 2.82. The van der Waals surface area contributed by atoms with Crippen LogP contribution in [-0.4, -0.2) is 0 Å². The summed E-state index contributed by atoms with van der Waals surface area (Å²) in [6, 6.07) is 0. The summed E-state index contributed by atoms with van der Waals surface area (Å²) in [7, 11) is 0. The third-order valence-electron chi connectivity index (χ3n) is 0.789. The van der Waals surface area contributed by atoms with Gasteiger partial charge in [0.05, 0.1) is 0 Å². The molecule has 0 aromatic heterocycles. The quantitative estimate of drug-likeness (QED) is 0.238. The molecular formula is C4H10N6. The minimum atomic E-state index is 1.76. The molecule has 0 fully saturated rings. The average Bonchev–Trinajstić information content (AvgIpc) is 2.67. The Bertz CT molecular complexity index is 102. The molecule has 0 saturated heterocycles. The highest BCUT2D eigenvalue weighted by atomic mass is 15.6. The fraction of sp³-hybridized carbons (Fsp3) is 0. The second-order valence-corrected chi connectivity index (χ2v) is 1.49. The Balaban J connectivity index is 0.0000001000. The third kappa shape index (κ3) is 2.80. The number of hydrazine groups is 4. The Labute approximate surface area is 58.6 Å². The van der Waals surface area contributed by atoms with Crippen molar-refractivity contribution in [2.24, 2.45) is 0 Å². The number of nitrogens with one attached hydrogen (secondary N) is 6. The number of rotatable bonds is 0. The Morgan fingerprint density at radius 3 is 0.900 bits per heavy atom. The van der Waals surface area contributed by atoms with Gasteiger partial charge in [-0.15, -0.1) is 0 Å². The van der Waals surface area contributed by atoms with Crippen LogP contribution < -0.4 is 32.8 Å². The van der Waals surface area contributed by atoms with Crippen LogP contribution >= 0.6 is 0 Å². The topological polar surface area (TPSA) is 72.2 Å². The van der Waals surface area contributed by atoms with Gasteiger partial charge in [-0.2, -0.15) is 11.1 Å². The van der Waals surface area contributed by atoms with Gasteiger partial charge in [-0.1, -0.05) is 0 Å². The van der Waals surface area contributed by atoms with Gasteiger partial charge in [0, 0.05) is 24.8 Å². The second kappa shape index (κ2) is 4.48. The summed E-state index contributed by atoms with van der Waals surface area (Å²) in [5.74, 6) is 0. The molecule has 2 heterocycles. The Morgan fingerprint density at radius 1 is 0.500 bits per heavy atom. The molecule has 0 spiro atoms. The first kappa shape index (κ1) is 6.72. The highest BCUT2D eigenvalue weighted by Gasteiger charge is 1.75. The van der Waals surface area contributed by atoms with Crippen LogP contribution in [0.4, 0.5) is 0 Å². The van der Waals surface area contributed by atoms with E-state index in [0.29, 0.717) is 0 Å². The van der Waals surface area contributed by atoms with Crippen LogP contribution in [0.15, 0.2) is 24.8 Å². The lowest BCUT2D eigenvalue weighted by Gasteiger charge is -1.86. The smallest absolute Gasteiger partial charge is 0.0315 e. The zero-order chi connectivity index (χ0) is 7.07. The summed E-state index contributed by atoms with van der Waals surface area (Å²) < 4.78 is 0. The van der Waals surface area contributed by atoms with Crippen molar-refractivity contribution in [3.05, 3.63) is 24.8 Å². The van der Waals surface area contributed by atoms with E-state index < -0.39 is 0 Å². The van der Waals surface area contributed by atoms with Crippen LogP contribution in [0, 0.1) is 0 Å². The van der Waals surface area contributed by atoms with Crippen molar-refractivity contribution < 1.29 is 0 Å². The molecule has 10 heavy (non-hydrogen) atoms. The summed E-state index contributed by atoms with van der Waals surface area (Å²) in [4.78, 5) is 0. The largest absolute Gasteiger partial charge is 0.310 e. The van der Waals surface area contributed by atoms with E-state index in [-0.39, 0.29) is 0 Å². The maximum absolute atomic E-state index is 2.68. The molecule has 0 aromatic carbocycles. The molecule has 0 aliphatic carbocycles. The lowest BCUT2D eigenvalue weighted by molar-refractivity contribution is 0.614. The summed E-state index contributed by atoms with van der Waals surface area (Å²) in [6.45, 7) is 0. The summed E-state index contributed by atoms with van der Waals surface area (Å²) in [6.07, 6.45) is 7.06. The van der Waals surface area contributed by atoms with Gasteiger partial charge in [-0.3, -0.25) is 0 Å². The van der Waals surface area contributed by atoms with Crippen molar-refractivity contribution in [3.8, 4) is 0 Å². The monoisotopic (exact) mass is 142 g/mol. The van der Waals surface area contributed by atoms with Gasteiger partial charge in [-0.05, 0) is 0 Å². The standard InChI is InChI=1S/2C2H5N3/c2*1-2-4-5-3-1/h2*1-5H. The van der Waals surface area contributed by atoms with E-state index in [4.69, 9.17) is 0 Å². The van der Waals surface area contributed by atoms with Crippen LogP contribution in [0.25, 0.3) is 0 Å². The second-order valence-electron chi connectivity index (χ2n) is 1.49. The fourth-order valence-electron chi connectivity index (χ4n) is 0.417. The lowest BCUT2D eigenvalue weighted by Crippen LogP contribution is -2.29. The van der Waals surface area contributed by atoms with Crippen LogP contribution in [-0.2, 0) is 0 Å². The van der Waals surface area contributed by atoms with E-state index in [9.17, 15) is 0 Å². The predicted octanol–water partition coefficient (Wildman–Crippen LogP) is -1.86. The summed E-state index contributed by atoms with van der Waals surface area (Å²) in [5.41, 5.74) is 15.9. The highest BCUT2D eigenvalue weighted by molar-refractivity contribution is 4.77. The van der Waals surface area contributed by atoms with E-state index in [0.717, 1.165) is 0 Å². The Morgan fingerprint density at radius 2 is 0.800 bits per heavy atom. The normalized spacial score (nSPS) is 17.6. The molecule has 0 radical (unpaired) electrons. The minimum absolute atomic E-state index is 1.76. The Hall–Kier alpha value is -1.40. The van der Waals surface area contributed by atoms with Gasteiger partial charge in [0.25, 0.3) is 0 Å². The molecule has 6 nitrogen and oxygen atoms in total. The highest BCUT2D eigenvalue weighted by Crippen LogP contribution is 1.58. The number of hydrogen-bond acceptors (Lipinski definition) is 6. The van der Waals surface area contributed by atoms with Crippen molar-refractivity contribution in [2.75, 3.05) is 0 Å². The summed E-state index contributed by atoms with van der Waals surface area (Å²) in [5, 5.41) is 0. The molecular weight excluding hydrogens is 132 g/mol. The zero-order valence-corrected chi connectivity index (χ0v) is 5.31. The lowest BCUT2D eigenvalue weighted by atomic mass is 11.0. The molecule has 2 aliphatic heterocycles. The van der Waals surface area contributed by atoms with E-state index in [1.54, 1.807) is 24.8 Å². The van der Waals surface area contributed by atoms with E-state index in [1.807, 2.05) is 0 Å². The van der Waals surface area contributed by atoms with Crippen LogP contribution in [0.5, 0.6) is 0 Å². The molecule has 0 bridgehead atoms. The minimum Gasteiger partial charge on any atom is -0.310 e. The molecule has 6 heteroatoms. The SMILES string of the molecule is C1=CNNN1.C1=CNNN1. The van der Waals surface area contributed by atoms with Crippen molar-refractivity contribution in [1.82, 2.24) is 32.8 Å². The number of hydrogen-bond donors (Lipinski definition) is 6. The average molecular weight is 142 g/mol. The van der Waals surface area contributed by atoms with Gasteiger partial charge >= 0.3 is 0 Å². The molecule has 0 saturated carbocycles. The van der Waals surface area contributed by atoms with E-state index in [2.05, 4.69) is 32.8 Å². The van der Waals surface area contributed by atoms with Gasteiger partial charge in [-0.25, -0.2) is 0 Å². The van der Waals surface area contributed by atoms with Crippen molar-refractivity contribution in [1.29, 1.82) is 0 Å². The van der Waals surface area contributed by atoms with Gasteiger partial charge in [0.15, 0.2) is 0 Å². The maximum atomic E-state index is 2.68. The molecule has 0 amide bonds. The van der Waals surface area contributed by atoms with Gasteiger partial charge in [0.2, 0.25) is 0 Å². The van der Waals surface area contributed by atoms with Gasteiger partial charge < -0.3 is 21.7 Å². The Kier molecular flexibility index (Phi) is 3.01. The molecule has 6 N–H and O–H groups in total.